The number of benzene rings is 1. The summed E-state index contributed by atoms with van der Waals surface area (Å²) in [7, 11) is 0. The number of ether oxygens (including phenoxy) is 1. The molecule has 0 spiro atoms. The molecule has 0 bridgehead atoms. The Morgan fingerprint density at radius 3 is 3.09 bits per heavy atom. The quantitative estimate of drug-likeness (QED) is 0.932. The van der Waals surface area contributed by atoms with Gasteiger partial charge in [-0.1, -0.05) is 12.1 Å². The molecule has 2 aromatic rings. The highest BCUT2D eigenvalue weighted by molar-refractivity contribution is 5.92. The Morgan fingerprint density at radius 1 is 1.48 bits per heavy atom. The van der Waals surface area contributed by atoms with E-state index in [-0.39, 0.29) is 29.8 Å². The number of piperidine rings is 1. The van der Waals surface area contributed by atoms with Gasteiger partial charge in [0.15, 0.2) is 23.9 Å². The second kappa shape index (κ2) is 6.78. The van der Waals surface area contributed by atoms with Crippen molar-refractivity contribution in [1.82, 2.24) is 9.88 Å². The molecule has 1 aromatic carbocycles. The molecule has 0 unspecified atom stereocenters. The van der Waals surface area contributed by atoms with Crippen molar-refractivity contribution in [3.05, 3.63) is 47.9 Å². The van der Waals surface area contributed by atoms with Crippen molar-refractivity contribution in [3.63, 3.8) is 0 Å². The predicted octanol–water partition coefficient (Wildman–Crippen LogP) is 1.99. The van der Waals surface area contributed by atoms with Crippen LogP contribution >= 0.6 is 0 Å². The maximum atomic E-state index is 13.4. The van der Waals surface area contributed by atoms with Crippen LogP contribution in [0.15, 0.2) is 34.9 Å². The summed E-state index contributed by atoms with van der Waals surface area (Å²) in [6.45, 7) is 0.813. The van der Waals surface area contributed by atoms with Crippen LogP contribution in [0.4, 0.5) is 4.39 Å². The first kappa shape index (κ1) is 15.5. The van der Waals surface area contributed by atoms with Crippen LogP contribution in [0.1, 0.15) is 29.2 Å². The number of oxazole rings is 1. The number of halogens is 1. The number of amides is 1. The summed E-state index contributed by atoms with van der Waals surface area (Å²) in [6.07, 6.45) is 2.21. The number of rotatable bonds is 4. The van der Waals surface area contributed by atoms with E-state index in [4.69, 9.17) is 9.15 Å². The zero-order valence-electron chi connectivity index (χ0n) is 12.4. The molecule has 3 rings (SSSR count). The monoisotopic (exact) mass is 320 g/mol. The average Bonchev–Trinajstić information content (AvgIpc) is 3.02. The summed E-state index contributed by atoms with van der Waals surface area (Å²) in [5.41, 5.74) is 0.159. The van der Waals surface area contributed by atoms with Gasteiger partial charge in [0.2, 0.25) is 5.89 Å². The number of aliphatic hydroxyl groups is 1. The van der Waals surface area contributed by atoms with Gasteiger partial charge < -0.3 is 19.2 Å². The Morgan fingerprint density at radius 2 is 2.30 bits per heavy atom. The lowest BCUT2D eigenvalue weighted by molar-refractivity contribution is 0.0469. The van der Waals surface area contributed by atoms with E-state index < -0.39 is 11.9 Å². The zero-order valence-corrected chi connectivity index (χ0v) is 12.4. The van der Waals surface area contributed by atoms with E-state index in [1.165, 1.54) is 18.4 Å². The Hall–Kier alpha value is -2.41. The third kappa shape index (κ3) is 3.68. The molecule has 1 fully saturated rings. The van der Waals surface area contributed by atoms with Crippen LogP contribution < -0.4 is 4.74 Å². The number of aliphatic hydroxyl groups excluding tert-OH is 1. The molecule has 1 atom stereocenters. The second-order valence-electron chi connectivity index (χ2n) is 5.39. The van der Waals surface area contributed by atoms with Crippen molar-refractivity contribution >= 4 is 5.91 Å². The van der Waals surface area contributed by atoms with Crippen LogP contribution in [0.3, 0.4) is 0 Å². The number of para-hydroxylation sites is 1. The van der Waals surface area contributed by atoms with Gasteiger partial charge in [0.25, 0.3) is 5.91 Å². The van der Waals surface area contributed by atoms with E-state index in [1.54, 1.807) is 17.0 Å². The highest BCUT2D eigenvalue weighted by atomic mass is 19.1. The minimum Gasteiger partial charge on any atom is -0.481 e. The van der Waals surface area contributed by atoms with Gasteiger partial charge in [-0.05, 0) is 25.0 Å². The van der Waals surface area contributed by atoms with Crippen LogP contribution in [-0.4, -0.2) is 40.1 Å². The maximum absolute atomic E-state index is 13.4. The molecule has 122 valence electrons. The zero-order chi connectivity index (χ0) is 16.2. The molecule has 0 radical (unpaired) electrons. The summed E-state index contributed by atoms with van der Waals surface area (Å²) < 4.78 is 23.9. The Labute approximate surface area is 132 Å². The molecule has 2 heterocycles. The Kier molecular flexibility index (Phi) is 4.57. The van der Waals surface area contributed by atoms with E-state index in [9.17, 15) is 14.3 Å². The van der Waals surface area contributed by atoms with E-state index in [2.05, 4.69) is 4.98 Å². The summed E-state index contributed by atoms with van der Waals surface area (Å²) in [5.74, 6) is -0.478. The summed E-state index contributed by atoms with van der Waals surface area (Å²) >= 11 is 0. The summed E-state index contributed by atoms with van der Waals surface area (Å²) in [5, 5.41) is 9.62. The molecule has 0 saturated carbocycles. The molecule has 1 aliphatic rings. The number of likely N-dealkylation sites (tertiary alicyclic amines) is 1. The van der Waals surface area contributed by atoms with Crippen LogP contribution in [0.25, 0.3) is 0 Å². The Bertz CT molecular complexity index is 688. The SMILES string of the molecule is O=C(c1coc(COc2ccccc2F)n1)N1CCC[C@H](O)C1. The van der Waals surface area contributed by atoms with Crippen LogP contribution in [-0.2, 0) is 6.61 Å². The summed E-state index contributed by atoms with van der Waals surface area (Å²) in [4.78, 5) is 17.9. The number of hydrogen-bond acceptors (Lipinski definition) is 5. The molecule has 1 amide bonds. The van der Waals surface area contributed by atoms with E-state index in [0.29, 0.717) is 19.5 Å². The summed E-state index contributed by atoms with van der Waals surface area (Å²) in [6, 6.07) is 6.02. The van der Waals surface area contributed by atoms with Crippen molar-refractivity contribution < 1.29 is 23.4 Å². The number of β-amino-alcohol motifs (C(OH)–C–C–N with tert-alkyl or cyclic N) is 1. The molecule has 23 heavy (non-hydrogen) atoms. The minimum absolute atomic E-state index is 0.0726. The Balaban J connectivity index is 1.61. The van der Waals surface area contributed by atoms with Gasteiger partial charge in [-0.3, -0.25) is 4.79 Å². The lowest BCUT2D eigenvalue weighted by atomic mass is 10.1. The lowest BCUT2D eigenvalue weighted by Crippen LogP contribution is -2.42. The van der Waals surface area contributed by atoms with Crippen molar-refractivity contribution in [2.75, 3.05) is 13.1 Å². The maximum Gasteiger partial charge on any atom is 0.275 e. The normalized spacial score (nSPS) is 18.0. The van der Waals surface area contributed by atoms with Crippen molar-refractivity contribution in [2.45, 2.75) is 25.6 Å². The largest absolute Gasteiger partial charge is 0.481 e. The van der Waals surface area contributed by atoms with Crippen LogP contribution in [0.2, 0.25) is 0 Å². The standard InChI is InChI=1S/C16H17FN2O4/c17-12-5-1-2-6-14(12)22-10-15-18-13(9-23-15)16(21)19-7-3-4-11(20)8-19/h1-2,5-6,9,11,20H,3-4,7-8,10H2/t11-/m0/s1. The second-order valence-corrected chi connectivity index (χ2v) is 5.39. The average molecular weight is 320 g/mol. The predicted molar refractivity (Wildman–Crippen MR) is 78.4 cm³/mol. The molecule has 1 N–H and O–H groups in total. The van der Waals surface area contributed by atoms with E-state index in [0.717, 1.165) is 6.42 Å². The smallest absolute Gasteiger partial charge is 0.275 e. The molecule has 1 aromatic heterocycles. The third-order valence-corrected chi connectivity index (χ3v) is 3.64. The molecular formula is C16H17FN2O4. The number of carbonyl (C=O) groups excluding carboxylic acids is 1. The number of carbonyl (C=O) groups is 1. The van der Waals surface area contributed by atoms with Gasteiger partial charge in [0, 0.05) is 13.1 Å². The van der Waals surface area contributed by atoms with Crippen LogP contribution in [0.5, 0.6) is 5.75 Å². The molecule has 1 saturated heterocycles. The van der Waals surface area contributed by atoms with Crippen LogP contribution in [0, 0.1) is 5.82 Å². The molecular weight excluding hydrogens is 303 g/mol. The number of hydrogen-bond donors (Lipinski definition) is 1. The number of aromatic nitrogens is 1. The fourth-order valence-corrected chi connectivity index (χ4v) is 2.48. The number of nitrogens with zero attached hydrogens (tertiary/aromatic N) is 2. The van der Waals surface area contributed by atoms with Gasteiger partial charge in [0.05, 0.1) is 6.10 Å². The van der Waals surface area contributed by atoms with Gasteiger partial charge in [-0.15, -0.1) is 0 Å². The van der Waals surface area contributed by atoms with Gasteiger partial charge in [-0.2, -0.15) is 0 Å². The first-order chi connectivity index (χ1) is 11.1. The van der Waals surface area contributed by atoms with Crippen molar-refractivity contribution in [2.24, 2.45) is 0 Å². The lowest BCUT2D eigenvalue weighted by Gasteiger charge is -2.29. The van der Waals surface area contributed by atoms with Gasteiger partial charge >= 0.3 is 0 Å². The third-order valence-electron chi connectivity index (χ3n) is 3.64. The minimum atomic E-state index is -0.497. The van der Waals surface area contributed by atoms with E-state index >= 15 is 0 Å². The molecule has 7 heteroatoms. The van der Waals surface area contributed by atoms with Gasteiger partial charge in [0.1, 0.15) is 6.26 Å². The van der Waals surface area contributed by atoms with Crippen molar-refractivity contribution in [1.29, 1.82) is 0 Å². The molecule has 0 aliphatic carbocycles. The first-order valence-electron chi connectivity index (χ1n) is 7.42. The fraction of sp³-hybridized carbons (Fsp3) is 0.375. The fourth-order valence-electron chi connectivity index (χ4n) is 2.48. The highest BCUT2D eigenvalue weighted by Crippen LogP contribution is 2.18. The molecule has 1 aliphatic heterocycles. The topological polar surface area (TPSA) is 75.8 Å². The van der Waals surface area contributed by atoms with Gasteiger partial charge in [-0.25, -0.2) is 9.37 Å². The highest BCUT2D eigenvalue weighted by Gasteiger charge is 2.25. The molecule has 6 nitrogen and oxygen atoms in total. The van der Waals surface area contributed by atoms with Crippen molar-refractivity contribution in [3.8, 4) is 5.75 Å². The first-order valence-corrected chi connectivity index (χ1v) is 7.42. The van der Waals surface area contributed by atoms with E-state index in [1.807, 2.05) is 0 Å².